The number of halogens is 1. The van der Waals surface area contributed by atoms with Crippen LogP contribution in [0.3, 0.4) is 0 Å². The molecule has 0 radical (unpaired) electrons. The van der Waals surface area contributed by atoms with Crippen molar-refractivity contribution in [2.75, 3.05) is 11.6 Å². The molecular weight excluding hydrogens is 420 g/mol. The second-order valence-electron chi connectivity index (χ2n) is 5.98. The summed E-state index contributed by atoms with van der Waals surface area (Å²) in [5, 5.41) is 20.8. The van der Waals surface area contributed by atoms with Crippen molar-refractivity contribution >= 4 is 38.7 Å². The van der Waals surface area contributed by atoms with Crippen molar-refractivity contribution in [1.82, 2.24) is 10.2 Å². The molecule has 0 aliphatic rings. The van der Waals surface area contributed by atoms with Crippen molar-refractivity contribution < 1.29 is 18.1 Å². The highest BCUT2D eigenvalue weighted by Gasteiger charge is 2.15. The highest BCUT2D eigenvalue weighted by Crippen LogP contribution is 2.24. The number of nitrogens with one attached hydrogen (secondary N) is 1. The van der Waals surface area contributed by atoms with Gasteiger partial charge in [0, 0.05) is 29.6 Å². The van der Waals surface area contributed by atoms with Crippen LogP contribution in [-0.2, 0) is 9.84 Å². The van der Waals surface area contributed by atoms with Crippen molar-refractivity contribution in [3.05, 3.63) is 75.3 Å². The summed E-state index contributed by atoms with van der Waals surface area (Å²) in [6.07, 6.45) is 1.05. The lowest BCUT2D eigenvalue weighted by molar-refractivity contribution is -0.384. The van der Waals surface area contributed by atoms with E-state index in [9.17, 15) is 23.3 Å². The molecule has 1 N–H and O–H groups in total. The molecule has 3 rings (SSSR count). The first-order valence-corrected chi connectivity index (χ1v) is 10.3. The molecule has 0 saturated heterocycles. The van der Waals surface area contributed by atoms with Crippen LogP contribution < -0.4 is 5.32 Å². The Hall–Kier alpha value is -3.37. The first kappa shape index (κ1) is 20.4. The summed E-state index contributed by atoms with van der Waals surface area (Å²) in [6.45, 7) is 0. The lowest BCUT2D eigenvalue weighted by Gasteiger charge is -2.08. The number of amides is 1. The van der Waals surface area contributed by atoms with Crippen molar-refractivity contribution in [1.29, 1.82) is 0 Å². The number of carbonyl (C=O) groups is 1. The molecule has 0 aliphatic heterocycles. The van der Waals surface area contributed by atoms with Crippen LogP contribution >= 0.6 is 11.6 Å². The van der Waals surface area contributed by atoms with Gasteiger partial charge in [0.1, 0.15) is 0 Å². The number of hydrogen-bond donors (Lipinski definition) is 1. The summed E-state index contributed by atoms with van der Waals surface area (Å²) < 4.78 is 22.9. The zero-order valence-electron chi connectivity index (χ0n) is 14.9. The normalized spacial score (nSPS) is 11.1. The number of non-ortho nitro benzene ring substituents is 1. The van der Waals surface area contributed by atoms with Gasteiger partial charge in [-0.1, -0.05) is 23.7 Å². The van der Waals surface area contributed by atoms with E-state index in [0.29, 0.717) is 16.9 Å². The fraction of sp³-hybridized carbons (Fsp3) is 0.0556. The molecule has 2 aromatic carbocycles. The lowest BCUT2D eigenvalue weighted by atomic mass is 10.1. The van der Waals surface area contributed by atoms with Gasteiger partial charge in [0.25, 0.3) is 11.6 Å². The van der Waals surface area contributed by atoms with Gasteiger partial charge < -0.3 is 5.32 Å². The van der Waals surface area contributed by atoms with E-state index in [0.717, 1.165) is 12.3 Å². The van der Waals surface area contributed by atoms with Crippen LogP contribution in [-0.4, -0.2) is 35.7 Å². The minimum Gasteiger partial charge on any atom is -0.322 e. The fourth-order valence-corrected chi connectivity index (χ4v) is 3.16. The molecule has 29 heavy (non-hydrogen) atoms. The highest BCUT2D eigenvalue weighted by atomic mass is 35.5. The van der Waals surface area contributed by atoms with Crippen LogP contribution in [0.15, 0.2) is 59.6 Å². The predicted molar refractivity (Wildman–Crippen MR) is 107 cm³/mol. The summed E-state index contributed by atoms with van der Waals surface area (Å²) in [4.78, 5) is 22.5. The number of rotatable bonds is 5. The van der Waals surface area contributed by atoms with Crippen LogP contribution in [0.4, 0.5) is 11.4 Å². The zero-order valence-corrected chi connectivity index (χ0v) is 16.4. The van der Waals surface area contributed by atoms with Gasteiger partial charge in [-0.25, -0.2) is 8.42 Å². The van der Waals surface area contributed by atoms with Crippen molar-refractivity contribution in [2.45, 2.75) is 5.03 Å². The average Bonchev–Trinajstić information content (AvgIpc) is 2.67. The Labute approximate surface area is 170 Å². The molecule has 11 heteroatoms. The van der Waals surface area contributed by atoms with E-state index in [1.807, 2.05) is 0 Å². The van der Waals surface area contributed by atoms with E-state index < -0.39 is 20.7 Å². The third-order valence-electron chi connectivity index (χ3n) is 3.87. The van der Waals surface area contributed by atoms with Gasteiger partial charge >= 0.3 is 0 Å². The van der Waals surface area contributed by atoms with E-state index in [1.165, 1.54) is 24.3 Å². The second-order valence-corrected chi connectivity index (χ2v) is 8.35. The summed E-state index contributed by atoms with van der Waals surface area (Å²) in [7, 11) is -3.43. The Kier molecular flexibility index (Phi) is 5.57. The first-order chi connectivity index (χ1) is 13.6. The van der Waals surface area contributed by atoms with E-state index in [1.54, 1.807) is 24.3 Å². The summed E-state index contributed by atoms with van der Waals surface area (Å²) in [6, 6.07) is 13.1. The van der Waals surface area contributed by atoms with Crippen LogP contribution in [0.1, 0.15) is 10.4 Å². The number of nitro groups is 1. The van der Waals surface area contributed by atoms with Gasteiger partial charge in [-0.3, -0.25) is 14.9 Å². The molecule has 3 aromatic rings. The minimum absolute atomic E-state index is 0.0328. The van der Waals surface area contributed by atoms with Crippen molar-refractivity contribution in [3.63, 3.8) is 0 Å². The molecule has 0 aliphatic carbocycles. The third kappa shape index (κ3) is 4.73. The third-order valence-corrected chi connectivity index (χ3v) is 5.16. The Morgan fingerprint density at radius 2 is 1.76 bits per heavy atom. The molecule has 1 amide bonds. The Morgan fingerprint density at radius 1 is 1.07 bits per heavy atom. The van der Waals surface area contributed by atoms with Crippen molar-refractivity contribution in [2.24, 2.45) is 0 Å². The van der Waals surface area contributed by atoms with Crippen LogP contribution in [0.2, 0.25) is 5.02 Å². The maximum Gasteiger partial charge on any atom is 0.270 e. The average molecular weight is 433 g/mol. The Morgan fingerprint density at radius 3 is 2.28 bits per heavy atom. The molecule has 0 fully saturated rings. The topological polar surface area (TPSA) is 132 Å². The van der Waals surface area contributed by atoms with Crippen LogP contribution in [0.25, 0.3) is 11.3 Å². The summed E-state index contributed by atoms with van der Waals surface area (Å²) >= 11 is 5.96. The SMILES string of the molecule is CS(=O)(=O)c1ccc(-c2ccc(NC(=O)c3ccc([N+](=O)[O-])cc3Cl)cc2)nn1. The van der Waals surface area contributed by atoms with Gasteiger partial charge in [-0.2, -0.15) is 0 Å². The zero-order chi connectivity index (χ0) is 21.2. The highest BCUT2D eigenvalue weighted by molar-refractivity contribution is 7.90. The molecule has 0 saturated carbocycles. The Balaban J connectivity index is 1.75. The maximum atomic E-state index is 12.4. The summed E-state index contributed by atoms with van der Waals surface area (Å²) in [5.74, 6) is -0.519. The standard InChI is InChI=1S/C18H13ClN4O5S/c1-29(27,28)17-9-8-16(21-22-17)11-2-4-12(5-3-11)20-18(24)14-7-6-13(23(25)26)10-15(14)19/h2-10H,1H3,(H,20,24). The second kappa shape index (κ2) is 7.94. The smallest absolute Gasteiger partial charge is 0.270 e. The van der Waals surface area contributed by atoms with Gasteiger partial charge in [0.05, 0.1) is 21.2 Å². The molecule has 0 spiro atoms. The monoisotopic (exact) mass is 432 g/mol. The van der Waals surface area contributed by atoms with Crippen molar-refractivity contribution in [3.8, 4) is 11.3 Å². The molecular formula is C18H13ClN4O5S. The fourth-order valence-electron chi connectivity index (χ4n) is 2.40. The number of anilines is 1. The molecule has 1 aromatic heterocycles. The maximum absolute atomic E-state index is 12.4. The molecule has 0 bridgehead atoms. The number of nitrogens with zero attached hydrogens (tertiary/aromatic N) is 3. The number of benzene rings is 2. The molecule has 9 nitrogen and oxygen atoms in total. The predicted octanol–water partition coefficient (Wildman–Crippen LogP) is 3.36. The van der Waals surface area contributed by atoms with Crippen LogP contribution in [0, 0.1) is 10.1 Å². The quantitative estimate of drug-likeness (QED) is 0.482. The van der Waals surface area contributed by atoms with Gasteiger partial charge in [0.2, 0.25) is 0 Å². The van der Waals surface area contributed by atoms with Gasteiger partial charge in [-0.15, -0.1) is 10.2 Å². The molecule has 0 unspecified atom stereocenters. The van der Waals surface area contributed by atoms with E-state index in [2.05, 4.69) is 15.5 Å². The van der Waals surface area contributed by atoms with Crippen LogP contribution in [0.5, 0.6) is 0 Å². The Bertz CT molecular complexity index is 1200. The van der Waals surface area contributed by atoms with Gasteiger partial charge in [-0.05, 0) is 30.3 Å². The minimum atomic E-state index is -3.43. The van der Waals surface area contributed by atoms with E-state index in [-0.39, 0.29) is 21.3 Å². The van der Waals surface area contributed by atoms with E-state index in [4.69, 9.17) is 11.6 Å². The number of sulfone groups is 1. The molecule has 0 atom stereocenters. The lowest BCUT2D eigenvalue weighted by Crippen LogP contribution is -2.12. The number of carbonyl (C=O) groups excluding carboxylic acids is 1. The van der Waals surface area contributed by atoms with E-state index >= 15 is 0 Å². The first-order valence-electron chi connectivity index (χ1n) is 8.04. The molecule has 1 heterocycles. The number of nitro benzene ring substituents is 1. The number of aromatic nitrogens is 2. The summed E-state index contributed by atoms with van der Waals surface area (Å²) in [5.41, 5.74) is 1.49. The largest absolute Gasteiger partial charge is 0.322 e. The molecule has 148 valence electrons. The number of hydrogen-bond acceptors (Lipinski definition) is 7. The van der Waals surface area contributed by atoms with Gasteiger partial charge in [0.15, 0.2) is 14.9 Å².